The fourth-order valence-electron chi connectivity index (χ4n) is 1.06. The highest BCUT2D eigenvalue weighted by molar-refractivity contribution is 6.17. The van der Waals surface area contributed by atoms with Gasteiger partial charge in [-0.05, 0) is 19.0 Å². The second-order valence-electron chi connectivity index (χ2n) is 2.60. The van der Waals surface area contributed by atoms with E-state index in [4.69, 9.17) is 16.1 Å². The predicted octanol–water partition coefficient (Wildman–Crippen LogP) is 1.70. The van der Waals surface area contributed by atoms with E-state index in [1.54, 1.807) is 0 Å². The molecule has 0 saturated heterocycles. The van der Waals surface area contributed by atoms with Gasteiger partial charge >= 0.3 is 0 Å². The Balaban J connectivity index is 2.66. The van der Waals surface area contributed by atoms with Gasteiger partial charge in [0.05, 0.1) is 0 Å². The maximum Gasteiger partial charge on any atom is 0.266 e. The first-order valence-electron chi connectivity index (χ1n) is 4.45. The summed E-state index contributed by atoms with van der Waals surface area (Å²) < 4.78 is 5.00. The van der Waals surface area contributed by atoms with Gasteiger partial charge in [0.1, 0.15) is 0 Å². The molecule has 74 valence electrons. The van der Waals surface area contributed by atoms with Crippen LogP contribution in [0.1, 0.15) is 19.7 Å². The van der Waals surface area contributed by atoms with Gasteiger partial charge in [-0.1, -0.05) is 0 Å². The highest BCUT2D eigenvalue weighted by atomic mass is 35.5. The molecule has 1 heterocycles. The van der Waals surface area contributed by atoms with Crippen LogP contribution in [0.2, 0.25) is 0 Å². The number of hydrogen-bond donors (Lipinski definition) is 0. The first-order chi connectivity index (χ1) is 6.31. The zero-order valence-corrected chi connectivity index (χ0v) is 8.71. The van der Waals surface area contributed by atoms with Crippen molar-refractivity contribution in [3.8, 4) is 0 Å². The quantitative estimate of drug-likeness (QED) is 0.684. The van der Waals surface area contributed by atoms with Crippen molar-refractivity contribution in [2.75, 3.05) is 23.9 Å². The number of anilines is 1. The minimum absolute atomic E-state index is 0.514. The average molecular weight is 204 g/mol. The molecule has 4 nitrogen and oxygen atoms in total. The number of nitrogens with zero attached hydrogens (tertiary/aromatic N) is 3. The molecule has 0 aromatic carbocycles. The van der Waals surface area contributed by atoms with E-state index in [0.717, 1.165) is 13.1 Å². The van der Waals surface area contributed by atoms with Gasteiger partial charge in [0.15, 0.2) is 0 Å². The third-order valence-electron chi connectivity index (χ3n) is 1.81. The SMILES string of the molecule is CCN(CC)c1noc(CCCl)n1. The molecule has 1 aromatic heterocycles. The summed E-state index contributed by atoms with van der Waals surface area (Å²) in [4.78, 5) is 6.23. The molecule has 13 heavy (non-hydrogen) atoms. The smallest absolute Gasteiger partial charge is 0.266 e. The molecule has 0 bridgehead atoms. The molecule has 5 heteroatoms. The van der Waals surface area contributed by atoms with Crippen LogP contribution in [-0.2, 0) is 6.42 Å². The number of alkyl halides is 1. The molecule has 0 aliphatic carbocycles. The molecule has 0 N–H and O–H groups in total. The highest BCUT2D eigenvalue weighted by Crippen LogP contribution is 2.09. The maximum absolute atomic E-state index is 5.55. The van der Waals surface area contributed by atoms with Gasteiger partial charge in [0, 0.05) is 25.4 Å². The van der Waals surface area contributed by atoms with Crippen LogP contribution < -0.4 is 4.90 Å². The summed E-state index contributed by atoms with van der Waals surface area (Å²) in [5.74, 6) is 1.78. The monoisotopic (exact) mass is 203 g/mol. The van der Waals surface area contributed by atoms with Crippen LogP contribution in [0, 0.1) is 0 Å². The Bertz CT molecular complexity index is 247. The second-order valence-corrected chi connectivity index (χ2v) is 2.98. The summed E-state index contributed by atoms with van der Waals surface area (Å²) >= 11 is 5.55. The van der Waals surface area contributed by atoms with E-state index in [9.17, 15) is 0 Å². The van der Waals surface area contributed by atoms with E-state index >= 15 is 0 Å². The Morgan fingerprint density at radius 3 is 2.62 bits per heavy atom. The second kappa shape index (κ2) is 5.07. The Morgan fingerprint density at radius 1 is 1.38 bits per heavy atom. The minimum Gasteiger partial charge on any atom is -0.339 e. The van der Waals surface area contributed by atoms with Gasteiger partial charge in [0.25, 0.3) is 5.95 Å². The molecule has 0 atom stereocenters. The zero-order valence-electron chi connectivity index (χ0n) is 7.96. The van der Waals surface area contributed by atoms with E-state index in [1.165, 1.54) is 0 Å². The molecule has 0 unspecified atom stereocenters. The Labute approximate surface area is 82.9 Å². The van der Waals surface area contributed by atoms with Crippen molar-refractivity contribution in [3.63, 3.8) is 0 Å². The molecule has 0 spiro atoms. The van der Waals surface area contributed by atoms with Crippen molar-refractivity contribution in [2.45, 2.75) is 20.3 Å². The van der Waals surface area contributed by atoms with Crippen LogP contribution in [0.3, 0.4) is 0 Å². The number of hydrogen-bond acceptors (Lipinski definition) is 4. The van der Waals surface area contributed by atoms with Crippen LogP contribution in [0.15, 0.2) is 4.52 Å². The number of aryl methyl sites for hydroxylation is 1. The van der Waals surface area contributed by atoms with Gasteiger partial charge in [-0.2, -0.15) is 4.98 Å². The normalized spacial score (nSPS) is 10.4. The number of aromatic nitrogens is 2. The predicted molar refractivity (Wildman–Crippen MR) is 52.3 cm³/mol. The molecule has 0 fully saturated rings. The average Bonchev–Trinajstić information content (AvgIpc) is 2.56. The summed E-state index contributed by atoms with van der Waals surface area (Å²) in [5, 5.41) is 3.86. The summed E-state index contributed by atoms with van der Waals surface area (Å²) in [6.07, 6.45) is 0.635. The molecular weight excluding hydrogens is 190 g/mol. The van der Waals surface area contributed by atoms with Gasteiger partial charge in [0.2, 0.25) is 5.89 Å². The number of halogens is 1. The van der Waals surface area contributed by atoms with Crippen molar-refractivity contribution >= 4 is 17.5 Å². The molecule has 0 radical (unpaired) electrons. The van der Waals surface area contributed by atoms with E-state index < -0.39 is 0 Å². The fourth-order valence-corrected chi connectivity index (χ4v) is 1.22. The highest BCUT2D eigenvalue weighted by Gasteiger charge is 2.09. The van der Waals surface area contributed by atoms with E-state index in [-0.39, 0.29) is 0 Å². The first-order valence-corrected chi connectivity index (χ1v) is 4.98. The molecule has 1 aromatic rings. The Hall–Kier alpha value is -0.770. The van der Waals surface area contributed by atoms with Crippen LogP contribution in [0.25, 0.3) is 0 Å². The van der Waals surface area contributed by atoms with Gasteiger partial charge in [-0.25, -0.2) is 0 Å². The van der Waals surface area contributed by atoms with Crippen molar-refractivity contribution in [2.24, 2.45) is 0 Å². The Morgan fingerprint density at radius 2 is 2.08 bits per heavy atom. The summed E-state index contributed by atoms with van der Waals surface area (Å²) in [6.45, 7) is 5.88. The van der Waals surface area contributed by atoms with E-state index in [1.807, 2.05) is 4.90 Å². The van der Waals surface area contributed by atoms with Crippen LogP contribution >= 0.6 is 11.6 Å². The molecule has 1 rings (SSSR count). The minimum atomic E-state index is 0.514. The summed E-state index contributed by atoms with van der Waals surface area (Å²) in [7, 11) is 0. The lowest BCUT2D eigenvalue weighted by Crippen LogP contribution is -2.22. The lowest BCUT2D eigenvalue weighted by atomic mass is 10.5. The molecule has 0 saturated carbocycles. The maximum atomic E-state index is 5.55. The van der Waals surface area contributed by atoms with E-state index in [0.29, 0.717) is 24.1 Å². The molecular formula is C8H14ClN3O. The van der Waals surface area contributed by atoms with Crippen molar-refractivity contribution in [1.82, 2.24) is 10.1 Å². The zero-order chi connectivity index (χ0) is 9.68. The third kappa shape index (κ3) is 2.59. The fraction of sp³-hybridized carbons (Fsp3) is 0.750. The summed E-state index contributed by atoms with van der Waals surface area (Å²) in [5.41, 5.74) is 0. The van der Waals surface area contributed by atoms with E-state index in [2.05, 4.69) is 24.0 Å². The largest absolute Gasteiger partial charge is 0.339 e. The number of rotatable bonds is 5. The van der Waals surface area contributed by atoms with Gasteiger partial charge < -0.3 is 9.42 Å². The van der Waals surface area contributed by atoms with Crippen molar-refractivity contribution < 1.29 is 4.52 Å². The molecule has 0 amide bonds. The van der Waals surface area contributed by atoms with Gasteiger partial charge in [-0.15, -0.1) is 11.6 Å². The topological polar surface area (TPSA) is 42.2 Å². The van der Waals surface area contributed by atoms with Crippen LogP contribution in [-0.4, -0.2) is 29.1 Å². The van der Waals surface area contributed by atoms with Crippen LogP contribution in [0.4, 0.5) is 5.95 Å². The first kappa shape index (κ1) is 10.3. The summed E-state index contributed by atoms with van der Waals surface area (Å²) in [6, 6.07) is 0. The van der Waals surface area contributed by atoms with Crippen LogP contribution in [0.5, 0.6) is 0 Å². The van der Waals surface area contributed by atoms with Crippen molar-refractivity contribution in [3.05, 3.63) is 5.89 Å². The lowest BCUT2D eigenvalue weighted by Gasteiger charge is -2.14. The molecule has 0 aliphatic heterocycles. The molecule has 0 aliphatic rings. The Kier molecular flexibility index (Phi) is 4.02. The third-order valence-corrected chi connectivity index (χ3v) is 2.00. The van der Waals surface area contributed by atoms with Gasteiger partial charge in [-0.3, -0.25) is 0 Å². The van der Waals surface area contributed by atoms with Crippen molar-refractivity contribution in [1.29, 1.82) is 0 Å². The standard InChI is InChI=1S/C8H14ClN3O/c1-3-12(4-2)8-10-7(5-6-9)13-11-8/h3-6H2,1-2H3. The lowest BCUT2D eigenvalue weighted by molar-refractivity contribution is 0.381.